The summed E-state index contributed by atoms with van der Waals surface area (Å²) >= 11 is 0. The first kappa shape index (κ1) is 26.7. The van der Waals surface area contributed by atoms with Crippen molar-refractivity contribution in [2.24, 2.45) is 17.8 Å². The molecule has 5 heteroatoms. The third kappa shape index (κ3) is 4.98. The number of allylic oxidation sites excluding steroid dienone is 1. The molecule has 2 aromatic carbocycles. The van der Waals surface area contributed by atoms with Gasteiger partial charge in [-0.3, -0.25) is 0 Å². The molecule has 37 heavy (non-hydrogen) atoms. The van der Waals surface area contributed by atoms with Crippen LogP contribution in [0, 0.1) is 17.8 Å². The molecule has 0 amide bonds. The molecule has 4 aliphatic rings. The molecule has 4 aliphatic carbocycles. The highest BCUT2D eigenvalue weighted by molar-refractivity contribution is 7.94. The van der Waals surface area contributed by atoms with E-state index in [0.29, 0.717) is 11.3 Å². The molecule has 0 N–H and O–H groups in total. The van der Waals surface area contributed by atoms with Gasteiger partial charge in [0.05, 0.1) is 4.90 Å². The summed E-state index contributed by atoms with van der Waals surface area (Å²) in [5.74, 6) is 3.41. The molecule has 0 heterocycles. The lowest BCUT2D eigenvalue weighted by atomic mass is 9.47. The Morgan fingerprint density at radius 1 is 0.946 bits per heavy atom. The zero-order valence-electron chi connectivity index (χ0n) is 23.4. The van der Waals surface area contributed by atoms with Crippen LogP contribution in [0.1, 0.15) is 83.8 Å². The highest BCUT2D eigenvalue weighted by atomic mass is 32.2. The van der Waals surface area contributed by atoms with E-state index in [1.54, 1.807) is 12.1 Å². The molecular weight excluding hydrogens is 493 g/mol. The van der Waals surface area contributed by atoms with Crippen LogP contribution in [-0.2, 0) is 20.7 Å². The van der Waals surface area contributed by atoms with Crippen LogP contribution in [0.4, 0.5) is 0 Å². The Morgan fingerprint density at radius 3 is 2.08 bits per heavy atom. The Kier molecular flexibility index (Phi) is 7.02. The first-order valence-corrected chi connectivity index (χ1v) is 18.1. The van der Waals surface area contributed by atoms with Gasteiger partial charge in [0, 0.05) is 27.5 Å². The van der Waals surface area contributed by atoms with E-state index in [-0.39, 0.29) is 10.8 Å². The van der Waals surface area contributed by atoms with Crippen LogP contribution in [0.2, 0.25) is 13.1 Å². The van der Waals surface area contributed by atoms with Gasteiger partial charge < -0.3 is 4.43 Å². The third-order valence-electron chi connectivity index (χ3n) is 8.84. The minimum atomic E-state index is -3.57. The number of benzene rings is 2. The van der Waals surface area contributed by atoms with Crippen LogP contribution in [0.15, 0.2) is 52.8 Å². The summed E-state index contributed by atoms with van der Waals surface area (Å²) in [4.78, 5) is 0.366. The summed E-state index contributed by atoms with van der Waals surface area (Å²) in [6, 6.07) is 11.9. The van der Waals surface area contributed by atoms with Crippen molar-refractivity contribution in [3.05, 3.63) is 59.0 Å². The average Bonchev–Trinajstić information content (AvgIpc) is 2.80. The summed E-state index contributed by atoms with van der Waals surface area (Å²) in [6.07, 6.45) is 10.3. The van der Waals surface area contributed by atoms with Crippen molar-refractivity contribution in [1.29, 1.82) is 0 Å². The van der Waals surface area contributed by atoms with Gasteiger partial charge in [0.2, 0.25) is 0 Å². The predicted molar refractivity (Wildman–Crippen MR) is 155 cm³/mol. The zero-order valence-corrected chi connectivity index (χ0v) is 25.3. The van der Waals surface area contributed by atoms with Gasteiger partial charge in [-0.2, -0.15) is 0 Å². The molecule has 4 bridgehead atoms. The van der Waals surface area contributed by atoms with Crippen LogP contribution in [0.5, 0.6) is 5.75 Å². The first-order valence-electron chi connectivity index (χ1n) is 14.1. The molecule has 4 saturated carbocycles. The second kappa shape index (κ2) is 9.71. The highest BCUT2D eigenvalue weighted by Crippen LogP contribution is 2.64. The lowest BCUT2D eigenvalue weighted by molar-refractivity contribution is -0.00654. The van der Waals surface area contributed by atoms with Gasteiger partial charge in [-0.1, -0.05) is 64.1 Å². The largest absolute Gasteiger partial charge is 0.542 e. The normalized spacial score (nSPS) is 27.4. The highest BCUT2D eigenvalue weighted by Gasteiger charge is 2.54. The lowest BCUT2D eigenvalue weighted by Crippen LogP contribution is -2.49. The lowest BCUT2D eigenvalue weighted by Gasteiger charge is -2.58. The zero-order chi connectivity index (χ0) is 26.6. The van der Waals surface area contributed by atoms with Crippen molar-refractivity contribution in [3.8, 4) is 16.9 Å². The molecule has 0 atom stereocenters. The van der Waals surface area contributed by atoms with Gasteiger partial charge in [0.15, 0.2) is 9.84 Å². The van der Waals surface area contributed by atoms with Gasteiger partial charge in [-0.25, -0.2) is 8.42 Å². The minimum Gasteiger partial charge on any atom is -0.542 e. The standard InChI is InChI=1S/C32H43O3SSi/c1-7-8-15-36(33,34)28-12-10-9-11-25(28)26-13-14-27(31(2,3)4)29(30(26)35-37(5)6)32-19-22-16-23(20-32)18-24(17-22)21-32/h8-15,22-24H,7,16-21H2,1-6H3. The molecule has 3 nitrogen and oxygen atoms in total. The van der Waals surface area contributed by atoms with Gasteiger partial charge >= 0.3 is 0 Å². The fourth-order valence-corrected chi connectivity index (χ4v) is 9.87. The molecular formula is C32H43O3SSi. The molecule has 6 rings (SSSR count). The number of hydrogen-bond acceptors (Lipinski definition) is 3. The van der Waals surface area contributed by atoms with E-state index in [4.69, 9.17) is 4.43 Å². The third-order valence-corrected chi connectivity index (χ3v) is 11.0. The quantitative estimate of drug-likeness (QED) is 0.334. The topological polar surface area (TPSA) is 43.4 Å². The molecule has 0 unspecified atom stereocenters. The fourth-order valence-electron chi connectivity index (χ4n) is 7.91. The number of rotatable bonds is 7. The maximum atomic E-state index is 13.4. The van der Waals surface area contributed by atoms with Gasteiger partial charge in [0.1, 0.15) is 5.75 Å². The summed E-state index contributed by atoms with van der Waals surface area (Å²) in [6.45, 7) is 13.3. The van der Waals surface area contributed by atoms with Crippen LogP contribution >= 0.6 is 0 Å². The van der Waals surface area contributed by atoms with Gasteiger partial charge in [0.25, 0.3) is 9.04 Å². The van der Waals surface area contributed by atoms with Crippen molar-refractivity contribution in [3.63, 3.8) is 0 Å². The van der Waals surface area contributed by atoms with Crippen LogP contribution in [0.25, 0.3) is 11.1 Å². The molecule has 199 valence electrons. The summed E-state index contributed by atoms with van der Waals surface area (Å²) in [7, 11) is -4.66. The van der Waals surface area contributed by atoms with E-state index in [0.717, 1.165) is 34.6 Å². The monoisotopic (exact) mass is 535 g/mol. The van der Waals surface area contributed by atoms with Crippen molar-refractivity contribution in [1.82, 2.24) is 0 Å². The van der Waals surface area contributed by atoms with Crippen molar-refractivity contribution < 1.29 is 12.8 Å². The maximum Gasteiger partial charge on any atom is 0.274 e. The van der Waals surface area contributed by atoms with E-state index >= 15 is 0 Å². The Balaban J connectivity index is 1.80. The summed E-state index contributed by atoms with van der Waals surface area (Å²) in [5, 5.41) is 1.37. The van der Waals surface area contributed by atoms with Crippen LogP contribution < -0.4 is 4.43 Å². The maximum absolute atomic E-state index is 13.4. The molecule has 0 aliphatic heterocycles. The fraction of sp³-hybridized carbons (Fsp3) is 0.562. The average molecular weight is 536 g/mol. The van der Waals surface area contributed by atoms with E-state index in [1.807, 2.05) is 25.1 Å². The van der Waals surface area contributed by atoms with Crippen molar-refractivity contribution >= 4 is 18.9 Å². The summed E-state index contributed by atoms with van der Waals surface area (Å²) in [5.41, 5.74) is 4.58. The van der Waals surface area contributed by atoms with Crippen molar-refractivity contribution in [2.45, 2.75) is 101 Å². The van der Waals surface area contributed by atoms with Gasteiger partial charge in [-0.05, 0) is 92.8 Å². The Hall–Kier alpha value is -1.85. The van der Waals surface area contributed by atoms with Crippen LogP contribution in [0.3, 0.4) is 0 Å². The van der Waals surface area contributed by atoms with E-state index in [1.165, 1.54) is 55.1 Å². The molecule has 1 radical (unpaired) electrons. The molecule has 0 saturated heterocycles. The molecule has 0 spiro atoms. The second-order valence-corrected chi connectivity index (χ2v) is 17.0. The van der Waals surface area contributed by atoms with E-state index in [9.17, 15) is 8.42 Å². The van der Waals surface area contributed by atoms with Crippen LogP contribution in [-0.4, -0.2) is 17.5 Å². The minimum absolute atomic E-state index is 0.0286. The van der Waals surface area contributed by atoms with E-state index < -0.39 is 18.9 Å². The Bertz CT molecular complexity index is 1260. The number of hydrogen-bond donors (Lipinski definition) is 0. The smallest absolute Gasteiger partial charge is 0.274 e. The first-order chi connectivity index (χ1) is 17.4. The number of sulfone groups is 1. The summed E-state index contributed by atoms with van der Waals surface area (Å²) < 4.78 is 33.8. The SMILES string of the molecule is CCC=CS(=O)(=O)c1ccccc1-c1ccc(C(C)(C)C)c(C23CC4CC(CC(C4)C2)C3)c1O[Si](C)C. The molecule has 4 fully saturated rings. The van der Waals surface area contributed by atoms with E-state index in [2.05, 4.69) is 46.0 Å². The molecule has 0 aromatic heterocycles. The molecule has 2 aromatic rings. The second-order valence-electron chi connectivity index (χ2n) is 13.1. The van der Waals surface area contributed by atoms with Gasteiger partial charge in [-0.15, -0.1) is 0 Å². The Labute approximate surface area is 226 Å². The Morgan fingerprint density at radius 2 is 1.54 bits per heavy atom. The predicted octanol–water partition coefficient (Wildman–Crippen LogP) is 8.45. The van der Waals surface area contributed by atoms with Crippen molar-refractivity contribution in [2.75, 3.05) is 0 Å².